The number of rotatable bonds is 5. The fourth-order valence-electron chi connectivity index (χ4n) is 2.00. The molecule has 0 aliphatic heterocycles. The quantitative estimate of drug-likeness (QED) is 0.619. The number of halogens is 1. The highest BCUT2D eigenvalue weighted by Crippen LogP contribution is 2.36. The summed E-state index contributed by atoms with van der Waals surface area (Å²) < 4.78 is 5.23. The molecule has 2 rings (SSSR count). The summed E-state index contributed by atoms with van der Waals surface area (Å²) in [5.74, 6) is 0.658. The van der Waals surface area contributed by atoms with Gasteiger partial charge >= 0.3 is 5.69 Å². The number of methoxy groups -OCH3 is 1. The summed E-state index contributed by atoms with van der Waals surface area (Å²) in [6, 6.07) is 4.92. The molecule has 2 aromatic rings. The Morgan fingerprint density at radius 2 is 1.92 bits per heavy atom. The van der Waals surface area contributed by atoms with Crippen LogP contribution in [0.25, 0.3) is 0 Å². The maximum Gasteiger partial charge on any atom is 0.353 e. The molecule has 1 aromatic carbocycles. The van der Waals surface area contributed by atoms with E-state index in [-0.39, 0.29) is 17.3 Å². The van der Waals surface area contributed by atoms with Crippen molar-refractivity contribution in [3.8, 4) is 5.75 Å². The monoisotopic (exact) mass is 351 g/mol. The summed E-state index contributed by atoms with van der Waals surface area (Å²) in [5.41, 5.74) is -0.188. The van der Waals surface area contributed by atoms with Gasteiger partial charge in [0, 0.05) is 10.6 Å². The van der Waals surface area contributed by atoms with Crippen LogP contribution in [-0.4, -0.2) is 27.5 Å². The third-order valence-corrected chi connectivity index (χ3v) is 3.15. The van der Waals surface area contributed by atoms with Gasteiger partial charge in [-0.1, -0.05) is 11.6 Å². The Morgan fingerprint density at radius 1 is 1.25 bits per heavy atom. The maximum atomic E-state index is 11.5. The van der Waals surface area contributed by atoms with E-state index in [0.29, 0.717) is 16.5 Å². The molecule has 0 atom stereocenters. The van der Waals surface area contributed by atoms with Gasteiger partial charge in [-0.25, -0.2) is 9.97 Å². The minimum atomic E-state index is -0.534. The lowest BCUT2D eigenvalue weighted by Crippen LogP contribution is -2.27. The van der Waals surface area contributed by atoms with Gasteiger partial charge in [0.25, 0.3) is 0 Å². The van der Waals surface area contributed by atoms with E-state index >= 15 is 0 Å². The summed E-state index contributed by atoms with van der Waals surface area (Å²) in [6.07, 6.45) is 1.25. The molecule has 0 fully saturated rings. The van der Waals surface area contributed by atoms with Crippen molar-refractivity contribution in [2.45, 2.75) is 26.3 Å². The van der Waals surface area contributed by atoms with Crippen molar-refractivity contribution in [1.82, 2.24) is 9.97 Å². The fraction of sp³-hybridized carbons (Fsp3) is 0.333. The lowest BCUT2D eigenvalue weighted by molar-refractivity contribution is -0.383. The molecule has 1 heterocycles. The number of benzene rings is 1. The van der Waals surface area contributed by atoms with Crippen LogP contribution in [0.5, 0.6) is 5.75 Å². The number of ether oxygens (including phenoxy) is 1. The van der Waals surface area contributed by atoms with E-state index < -0.39 is 10.5 Å². The molecule has 128 valence electrons. The largest absolute Gasteiger partial charge is 0.495 e. The summed E-state index contributed by atoms with van der Waals surface area (Å²) >= 11 is 5.99. The van der Waals surface area contributed by atoms with E-state index in [1.807, 2.05) is 20.8 Å². The van der Waals surface area contributed by atoms with E-state index in [1.54, 1.807) is 18.2 Å². The Labute approximate surface area is 144 Å². The van der Waals surface area contributed by atoms with Gasteiger partial charge in [0.15, 0.2) is 0 Å². The van der Waals surface area contributed by atoms with E-state index in [4.69, 9.17) is 16.3 Å². The molecule has 2 N–H and O–H groups in total. The molecule has 8 nitrogen and oxygen atoms in total. The Morgan fingerprint density at radius 3 is 2.50 bits per heavy atom. The highest BCUT2D eigenvalue weighted by Gasteiger charge is 2.26. The van der Waals surface area contributed by atoms with Gasteiger partial charge in [-0.15, -0.1) is 0 Å². The first kappa shape index (κ1) is 17.7. The summed E-state index contributed by atoms with van der Waals surface area (Å²) in [6.45, 7) is 5.64. The normalized spacial score (nSPS) is 11.0. The maximum absolute atomic E-state index is 11.5. The molecule has 0 aliphatic carbocycles. The average Bonchev–Trinajstić information content (AvgIpc) is 2.45. The number of hydrogen-bond acceptors (Lipinski definition) is 7. The molecule has 0 amide bonds. The van der Waals surface area contributed by atoms with Crippen LogP contribution >= 0.6 is 11.6 Å². The van der Waals surface area contributed by atoms with Crippen LogP contribution in [0.15, 0.2) is 24.5 Å². The van der Waals surface area contributed by atoms with Crippen molar-refractivity contribution in [2.75, 3.05) is 17.7 Å². The van der Waals surface area contributed by atoms with Gasteiger partial charge in [-0.3, -0.25) is 10.1 Å². The van der Waals surface area contributed by atoms with Crippen molar-refractivity contribution in [1.29, 1.82) is 0 Å². The van der Waals surface area contributed by atoms with Crippen molar-refractivity contribution in [3.05, 3.63) is 39.7 Å². The van der Waals surface area contributed by atoms with Gasteiger partial charge < -0.3 is 15.4 Å². The van der Waals surface area contributed by atoms with Crippen LogP contribution in [-0.2, 0) is 0 Å². The van der Waals surface area contributed by atoms with Crippen LogP contribution in [0.4, 0.5) is 23.0 Å². The Balaban J connectivity index is 2.49. The predicted octanol–water partition coefficient (Wildman–Crippen LogP) is 4.00. The zero-order chi connectivity index (χ0) is 17.9. The van der Waals surface area contributed by atoms with Gasteiger partial charge in [0.05, 0.1) is 17.7 Å². The first-order valence-corrected chi connectivity index (χ1v) is 7.47. The molecule has 0 bridgehead atoms. The van der Waals surface area contributed by atoms with Crippen LogP contribution in [0.3, 0.4) is 0 Å². The first-order valence-electron chi connectivity index (χ1n) is 7.09. The summed E-state index contributed by atoms with van der Waals surface area (Å²) in [7, 11) is 1.50. The minimum absolute atomic E-state index is 0.0438. The van der Waals surface area contributed by atoms with Gasteiger partial charge in [0.1, 0.15) is 12.1 Å². The van der Waals surface area contributed by atoms with E-state index in [0.717, 1.165) is 0 Å². The lowest BCUT2D eigenvalue weighted by atomic mass is 10.1. The fourth-order valence-corrected chi connectivity index (χ4v) is 2.17. The number of hydrogen-bond donors (Lipinski definition) is 2. The van der Waals surface area contributed by atoms with Gasteiger partial charge in [-0.2, -0.15) is 0 Å². The molecule has 0 saturated carbocycles. The summed E-state index contributed by atoms with van der Waals surface area (Å²) in [5, 5.41) is 17.9. The molecular weight excluding hydrogens is 334 g/mol. The van der Waals surface area contributed by atoms with Crippen LogP contribution in [0.1, 0.15) is 20.8 Å². The number of nitro groups is 1. The average molecular weight is 352 g/mol. The van der Waals surface area contributed by atoms with Crippen molar-refractivity contribution in [3.63, 3.8) is 0 Å². The predicted molar refractivity (Wildman–Crippen MR) is 93.3 cm³/mol. The second-order valence-corrected chi connectivity index (χ2v) is 6.46. The Hall–Kier alpha value is -2.61. The molecule has 9 heteroatoms. The third kappa shape index (κ3) is 4.23. The third-order valence-electron chi connectivity index (χ3n) is 2.91. The van der Waals surface area contributed by atoms with Gasteiger partial charge in [-0.05, 0) is 39.0 Å². The van der Waals surface area contributed by atoms with Gasteiger partial charge in [0.2, 0.25) is 11.6 Å². The molecule has 0 saturated heterocycles. The number of nitrogens with one attached hydrogen (secondary N) is 2. The molecule has 0 spiro atoms. The molecule has 0 unspecified atom stereocenters. The molecule has 1 aromatic heterocycles. The van der Waals surface area contributed by atoms with Crippen LogP contribution in [0.2, 0.25) is 5.02 Å². The SMILES string of the molecule is COc1ccc(Cl)cc1Nc1ncnc(NC(C)(C)C)c1[N+](=O)[O-]. The molecule has 24 heavy (non-hydrogen) atoms. The standard InChI is InChI=1S/C15H18ClN5O3/c1-15(2,3)20-14-12(21(22)23)13(17-8-18-14)19-10-7-9(16)5-6-11(10)24-4/h5-8H,1-4H3,(H2,17,18,19,20). The second-order valence-electron chi connectivity index (χ2n) is 6.02. The summed E-state index contributed by atoms with van der Waals surface area (Å²) in [4.78, 5) is 19.0. The highest BCUT2D eigenvalue weighted by atomic mass is 35.5. The lowest BCUT2D eigenvalue weighted by Gasteiger charge is -2.21. The smallest absolute Gasteiger partial charge is 0.353 e. The van der Waals surface area contributed by atoms with E-state index in [2.05, 4.69) is 20.6 Å². The highest BCUT2D eigenvalue weighted by molar-refractivity contribution is 6.31. The Kier molecular flexibility index (Phi) is 5.08. The minimum Gasteiger partial charge on any atom is -0.495 e. The zero-order valence-corrected chi connectivity index (χ0v) is 14.5. The zero-order valence-electron chi connectivity index (χ0n) is 13.8. The van der Waals surface area contributed by atoms with Crippen molar-refractivity contribution in [2.24, 2.45) is 0 Å². The van der Waals surface area contributed by atoms with E-state index in [1.165, 1.54) is 13.4 Å². The number of anilines is 3. The first-order chi connectivity index (χ1) is 11.2. The topological polar surface area (TPSA) is 102 Å². The van der Waals surface area contributed by atoms with Crippen LogP contribution in [0, 0.1) is 10.1 Å². The molecular formula is C15H18ClN5O3. The van der Waals surface area contributed by atoms with Crippen molar-refractivity contribution < 1.29 is 9.66 Å². The van der Waals surface area contributed by atoms with Crippen molar-refractivity contribution >= 4 is 34.6 Å². The number of nitrogens with zero attached hydrogens (tertiary/aromatic N) is 3. The number of aromatic nitrogens is 2. The molecule has 0 radical (unpaired) electrons. The van der Waals surface area contributed by atoms with E-state index in [9.17, 15) is 10.1 Å². The molecule has 0 aliphatic rings. The van der Waals surface area contributed by atoms with Crippen LogP contribution < -0.4 is 15.4 Å². The Bertz CT molecular complexity index is 761. The second kappa shape index (κ2) is 6.88.